The lowest BCUT2D eigenvalue weighted by atomic mass is 10.4. The van der Waals surface area contributed by atoms with Crippen molar-refractivity contribution in [3.05, 3.63) is 24.3 Å². The lowest BCUT2D eigenvalue weighted by molar-refractivity contribution is -0.137. The molecule has 1 heterocycles. The first-order valence-electron chi connectivity index (χ1n) is 5.00. The molecule has 0 unspecified atom stereocenters. The number of hydrogen-bond acceptors (Lipinski definition) is 4. The van der Waals surface area contributed by atoms with E-state index in [2.05, 4.69) is 5.32 Å². The van der Waals surface area contributed by atoms with Crippen LogP contribution in [0.15, 0.2) is 24.3 Å². The minimum atomic E-state index is -0.438. The van der Waals surface area contributed by atoms with Crippen LogP contribution in [0.2, 0.25) is 0 Å². The van der Waals surface area contributed by atoms with Gasteiger partial charge in [0, 0.05) is 31.3 Å². The molecule has 0 aromatic heterocycles. The molecule has 17 heavy (non-hydrogen) atoms. The summed E-state index contributed by atoms with van der Waals surface area (Å²) in [4.78, 5) is 44.9. The minimum absolute atomic E-state index is 0.115. The van der Waals surface area contributed by atoms with Crippen LogP contribution in [0, 0.1) is 0 Å². The van der Waals surface area contributed by atoms with E-state index in [1.165, 1.54) is 19.1 Å². The van der Waals surface area contributed by atoms with E-state index in [-0.39, 0.29) is 30.7 Å². The Morgan fingerprint density at radius 1 is 1.24 bits per heavy atom. The van der Waals surface area contributed by atoms with Crippen molar-refractivity contribution in [2.75, 3.05) is 13.1 Å². The second-order valence-electron chi connectivity index (χ2n) is 3.40. The molecule has 6 heteroatoms. The molecule has 1 rings (SSSR count). The summed E-state index contributed by atoms with van der Waals surface area (Å²) in [5.41, 5.74) is 0. The molecule has 1 aliphatic heterocycles. The fourth-order valence-electron chi connectivity index (χ4n) is 1.19. The lowest BCUT2D eigenvalue weighted by Crippen LogP contribution is -2.37. The molecule has 90 valence electrons. The van der Waals surface area contributed by atoms with Crippen LogP contribution in [0.5, 0.6) is 0 Å². The summed E-state index contributed by atoms with van der Waals surface area (Å²) >= 11 is 0. The van der Waals surface area contributed by atoms with Crippen LogP contribution in [-0.2, 0) is 19.2 Å². The van der Waals surface area contributed by atoms with Gasteiger partial charge in [-0.25, -0.2) is 0 Å². The Hall–Kier alpha value is -2.24. The van der Waals surface area contributed by atoms with Gasteiger partial charge in [0.15, 0.2) is 5.78 Å². The van der Waals surface area contributed by atoms with E-state index in [9.17, 15) is 19.2 Å². The summed E-state index contributed by atoms with van der Waals surface area (Å²) in [6, 6.07) is 0. The molecule has 0 fully saturated rings. The van der Waals surface area contributed by atoms with Gasteiger partial charge in [0.05, 0.1) is 0 Å². The Morgan fingerprint density at radius 2 is 1.82 bits per heavy atom. The topological polar surface area (TPSA) is 83.6 Å². The summed E-state index contributed by atoms with van der Waals surface area (Å²) in [6.45, 7) is 1.60. The van der Waals surface area contributed by atoms with Gasteiger partial charge in [-0.1, -0.05) is 0 Å². The normalized spacial score (nSPS) is 14.8. The molecule has 0 atom stereocenters. The van der Waals surface area contributed by atoms with Gasteiger partial charge >= 0.3 is 0 Å². The summed E-state index contributed by atoms with van der Waals surface area (Å²) in [5, 5.41) is 2.45. The number of ketones is 1. The van der Waals surface area contributed by atoms with Crippen molar-refractivity contribution in [3.63, 3.8) is 0 Å². The zero-order valence-electron chi connectivity index (χ0n) is 9.30. The first kappa shape index (κ1) is 12.8. The predicted octanol–water partition coefficient (Wildman–Crippen LogP) is -0.827. The molecule has 0 saturated carbocycles. The van der Waals surface area contributed by atoms with Crippen molar-refractivity contribution < 1.29 is 19.2 Å². The van der Waals surface area contributed by atoms with Gasteiger partial charge in [-0.2, -0.15) is 0 Å². The van der Waals surface area contributed by atoms with E-state index in [1.807, 2.05) is 0 Å². The molecule has 0 spiro atoms. The van der Waals surface area contributed by atoms with Crippen LogP contribution < -0.4 is 5.32 Å². The molecular formula is C11H12N2O4. The molecule has 1 aliphatic rings. The molecular weight excluding hydrogens is 224 g/mol. The van der Waals surface area contributed by atoms with Crippen molar-refractivity contribution in [3.8, 4) is 0 Å². The number of carbonyl (C=O) groups is 4. The monoisotopic (exact) mass is 236 g/mol. The Balaban J connectivity index is 2.29. The first-order valence-corrected chi connectivity index (χ1v) is 5.00. The largest absolute Gasteiger partial charge is 0.351 e. The highest BCUT2D eigenvalue weighted by Crippen LogP contribution is 2.01. The van der Waals surface area contributed by atoms with Gasteiger partial charge < -0.3 is 5.32 Å². The van der Waals surface area contributed by atoms with Gasteiger partial charge in [-0.15, -0.1) is 0 Å². The number of carbonyl (C=O) groups excluding carboxylic acids is 4. The third-order valence-corrected chi connectivity index (χ3v) is 2.00. The lowest BCUT2D eigenvalue weighted by Gasteiger charge is -2.13. The highest BCUT2D eigenvalue weighted by molar-refractivity contribution is 6.12. The van der Waals surface area contributed by atoms with Crippen molar-refractivity contribution >= 4 is 23.5 Å². The Morgan fingerprint density at radius 3 is 2.35 bits per heavy atom. The zero-order chi connectivity index (χ0) is 12.8. The van der Waals surface area contributed by atoms with Crippen LogP contribution in [0.1, 0.15) is 6.92 Å². The smallest absolute Gasteiger partial charge is 0.253 e. The van der Waals surface area contributed by atoms with Crippen LogP contribution in [0.3, 0.4) is 0 Å². The highest BCUT2D eigenvalue weighted by atomic mass is 16.2. The van der Waals surface area contributed by atoms with Gasteiger partial charge in [0.2, 0.25) is 5.91 Å². The Labute approximate surface area is 98.0 Å². The summed E-state index contributed by atoms with van der Waals surface area (Å²) in [7, 11) is 0. The molecule has 0 bridgehead atoms. The number of nitrogens with one attached hydrogen (secondary N) is 1. The fourth-order valence-corrected chi connectivity index (χ4v) is 1.19. The number of allylic oxidation sites excluding steroid dienone is 1. The maximum absolute atomic E-state index is 11.1. The third-order valence-electron chi connectivity index (χ3n) is 2.00. The predicted molar refractivity (Wildman–Crippen MR) is 58.7 cm³/mol. The second-order valence-corrected chi connectivity index (χ2v) is 3.40. The van der Waals surface area contributed by atoms with Gasteiger partial charge in [0.1, 0.15) is 0 Å². The average Bonchev–Trinajstić information content (AvgIpc) is 2.57. The zero-order valence-corrected chi connectivity index (χ0v) is 9.30. The van der Waals surface area contributed by atoms with Crippen LogP contribution >= 0.6 is 0 Å². The molecule has 0 aromatic rings. The van der Waals surface area contributed by atoms with Crippen LogP contribution in [0.4, 0.5) is 0 Å². The van der Waals surface area contributed by atoms with Gasteiger partial charge in [0.25, 0.3) is 11.8 Å². The SMILES string of the molecule is CC(=O)/C=C\C(=O)NCCN1C(=O)C=CC1=O. The molecule has 1 N–H and O–H groups in total. The maximum atomic E-state index is 11.1. The van der Waals surface area contributed by atoms with E-state index >= 15 is 0 Å². The average molecular weight is 236 g/mol. The summed E-state index contributed by atoms with van der Waals surface area (Å²) < 4.78 is 0. The molecule has 3 amide bonds. The standard InChI is InChI=1S/C11H12N2O4/c1-8(14)2-3-9(15)12-6-7-13-10(16)4-5-11(13)17/h2-5H,6-7H2,1H3,(H,12,15)/b3-2-. The summed E-state index contributed by atoms with van der Waals surface area (Å²) in [5.74, 6) is -1.44. The van der Waals surface area contributed by atoms with Crippen LogP contribution in [0.25, 0.3) is 0 Å². The first-order chi connectivity index (χ1) is 8.00. The van der Waals surface area contributed by atoms with E-state index < -0.39 is 5.91 Å². The van der Waals surface area contributed by atoms with Crippen LogP contribution in [-0.4, -0.2) is 41.5 Å². The van der Waals surface area contributed by atoms with Gasteiger partial charge in [-0.3, -0.25) is 24.1 Å². The molecule has 6 nitrogen and oxygen atoms in total. The van der Waals surface area contributed by atoms with E-state index in [0.717, 1.165) is 17.1 Å². The van der Waals surface area contributed by atoms with Crippen molar-refractivity contribution in [2.24, 2.45) is 0 Å². The molecule has 0 aromatic carbocycles. The summed E-state index contributed by atoms with van der Waals surface area (Å²) in [6.07, 6.45) is 4.61. The maximum Gasteiger partial charge on any atom is 0.253 e. The van der Waals surface area contributed by atoms with Crippen molar-refractivity contribution in [1.82, 2.24) is 10.2 Å². The minimum Gasteiger partial charge on any atom is -0.351 e. The Kier molecular flexibility index (Phi) is 4.33. The van der Waals surface area contributed by atoms with E-state index in [4.69, 9.17) is 0 Å². The van der Waals surface area contributed by atoms with Gasteiger partial charge in [-0.05, 0) is 13.0 Å². The highest BCUT2D eigenvalue weighted by Gasteiger charge is 2.22. The van der Waals surface area contributed by atoms with Crippen molar-refractivity contribution in [2.45, 2.75) is 6.92 Å². The van der Waals surface area contributed by atoms with E-state index in [1.54, 1.807) is 0 Å². The number of nitrogens with zero attached hydrogens (tertiary/aromatic N) is 1. The Bertz CT molecular complexity index is 405. The number of hydrogen-bond donors (Lipinski definition) is 1. The van der Waals surface area contributed by atoms with E-state index in [0.29, 0.717) is 0 Å². The number of rotatable bonds is 5. The quantitative estimate of drug-likeness (QED) is 0.499. The molecule has 0 radical (unpaired) electrons. The third kappa shape index (κ3) is 4.02. The number of imide groups is 1. The fraction of sp³-hybridized carbons (Fsp3) is 0.273. The van der Waals surface area contributed by atoms with Crippen molar-refractivity contribution in [1.29, 1.82) is 0 Å². The molecule has 0 aliphatic carbocycles. The number of amides is 3. The molecule has 0 saturated heterocycles. The second kappa shape index (κ2) is 5.74.